The molecule has 1 rings (SSSR count). The molecule has 0 fully saturated rings. The number of amides is 1. The minimum Gasteiger partial charge on any atom is -0.341 e. The zero-order valence-electron chi connectivity index (χ0n) is 13.1. The van der Waals surface area contributed by atoms with Crippen molar-refractivity contribution in [2.75, 3.05) is 13.6 Å². The van der Waals surface area contributed by atoms with Crippen molar-refractivity contribution in [3.63, 3.8) is 0 Å². The van der Waals surface area contributed by atoms with Crippen LogP contribution in [0.4, 0.5) is 8.78 Å². The summed E-state index contributed by atoms with van der Waals surface area (Å²) in [5.41, 5.74) is 6.25. The van der Waals surface area contributed by atoms with E-state index in [9.17, 15) is 13.6 Å². The molecule has 1 atom stereocenters. The lowest BCUT2D eigenvalue weighted by Gasteiger charge is -2.28. The van der Waals surface area contributed by atoms with E-state index < -0.39 is 11.6 Å². The van der Waals surface area contributed by atoms with Gasteiger partial charge in [-0.05, 0) is 29.5 Å². The molecule has 2 N–H and O–H groups in total. The third-order valence-corrected chi connectivity index (χ3v) is 3.27. The highest BCUT2D eigenvalue weighted by molar-refractivity contribution is 5.78. The summed E-state index contributed by atoms with van der Waals surface area (Å²) in [6.45, 7) is 6.67. The topological polar surface area (TPSA) is 46.3 Å². The van der Waals surface area contributed by atoms with E-state index in [0.29, 0.717) is 12.0 Å². The summed E-state index contributed by atoms with van der Waals surface area (Å²) in [7, 11) is 1.65. The van der Waals surface area contributed by atoms with Gasteiger partial charge in [-0.15, -0.1) is 0 Å². The molecule has 5 heteroatoms. The van der Waals surface area contributed by atoms with Crippen molar-refractivity contribution in [3.8, 4) is 0 Å². The normalized spacial score (nSPS) is 13.1. The first kappa shape index (κ1) is 17.6. The summed E-state index contributed by atoms with van der Waals surface area (Å²) in [6.07, 6.45) is 0.685. The Hall–Kier alpha value is -1.49. The van der Waals surface area contributed by atoms with E-state index in [-0.39, 0.29) is 30.3 Å². The Kier molecular flexibility index (Phi) is 5.84. The molecule has 0 aromatic heterocycles. The molecule has 1 amide bonds. The average molecular weight is 298 g/mol. The standard InChI is InChI=1S/C16H24F2N2O/c1-16(2,3)8-12(9-19)15(21)20(4)10-11-5-6-13(17)14(18)7-11/h5-7,12H,8-10,19H2,1-4H3. The van der Waals surface area contributed by atoms with Gasteiger partial charge in [0.1, 0.15) is 0 Å². The molecule has 3 nitrogen and oxygen atoms in total. The number of rotatable bonds is 5. The van der Waals surface area contributed by atoms with Crippen LogP contribution >= 0.6 is 0 Å². The van der Waals surface area contributed by atoms with E-state index >= 15 is 0 Å². The van der Waals surface area contributed by atoms with E-state index in [1.807, 2.05) is 0 Å². The van der Waals surface area contributed by atoms with Crippen LogP contribution in [0.3, 0.4) is 0 Å². The fourth-order valence-electron chi connectivity index (χ4n) is 2.31. The highest BCUT2D eigenvalue weighted by Gasteiger charge is 2.26. The highest BCUT2D eigenvalue weighted by atomic mass is 19.2. The Morgan fingerprint density at radius 1 is 1.29 bits per heavy atom. The van der Waals surface area contributed by atoms with E-state index in [4.69, 9.17) is 5.73 Å². The summed E-state index contributed by atoms with van der Waals surface area (Å²) >= 11 is 0. The van der Waals surface area contributed by atoms with E-state index in [0.717, 1.165) is 12.1 Å². The monoisotopic (exact) mass is 298 g/mol. The number of hydrogen-bond acceptors (Lipinski definition) is 2. The second kappa shape index (κ2) is 6.98. The number of halogens is 2. The van der Waals surface area contributed by atoms with Crippen LogP contribution in [0, 0.1) is 23.0 Å². The number of nitrogens with zero attached hydrogens (tertiary/aromatic N) is 1. The first-order chi connectivity index (χ1) is 9.64. The van der Waals surface area contributed by atoms with Crippen LogP contribution < -0.4 is 5.73 Å². The molecule has 1 unspecified atom stereocenters. The van der Waals surface area contributed by atoms with Crippen molar-refractivity contribution in [3.05, 3.63) is 35.4 Å². The first-order valence-electron chi connectivity index (χ1n) is 7.03. The largest absolute Gasteiger partial charge is 0.341 e. The third kappa shape index (κ3) is 5.42. The van der Waals surface area contributed by atoms with E-state index in [2.05, 4.69) is 20.8 Å². The van der Waals surface area contributed by atoms with Crippen molar-refractivity contribution in [2.24, 2.45) is 17.1 Å². The molecule has 1 aromatic rings. The summed E-state index contributed by atoms with van der Waals surface area (Å²) < 4.78 is 26.1. The molecule has 1 aromatic carbocycles. The van der Waals surface area contributed by atoms with Crippen LogP contribution in [-0.4, -0.2) is 24.4 Å². The lowest BCUT2D eigenvalue weighted by atomic mass is 9.84. The van der Waals surface area contributed by atoms with E-state index in [1.165, 1.54) is 11.0 Å². The number of nitrogens with two attached hydrogens (primary N) is 1. The smallest absolute Gasteiger partial charge is 0.227 e. The van der Waals surface area contributed by atoms with Gasteiger partial charge in [-0.3, -0.25) is 4.79 Å². The second-order valence-electron chi connectivity index (χ2n) is 6.64. The predicted octanol–water partition coefficient (Wildman–Crippen LogP) is 2.93. The van der Waals surface area contributed by atoms with Gasteiger partial charge in [-0.1, -0.05) is 26.8 Å². The van der Waals surface area contributed by atoms with Crippen LogP contribution in [-0.2, 0) is 11.3 Å². The van der Waals surface area contributed by atoms with Gasteiger partial charge in [0.2, 0.25) is 5.91 Å². The Morgan fingerprint density at radius 3 is 2.38 bits per heavy atom. The third-order valence-electron chi connectivity index (χ3n) is 3.27. The van der Waals surface area contributed by atoms with Crippen molar-refractivity contribution in [1.29, 1.82) is 0 Å². The molecule has 0 saturated carbocycles. The molecule has 21 heavy (non-hydrogen) atoms. The number of hydrogen-bond donors (Lipinski definition) is 1. The molecule has 118 valence electrons. The molecular weight excluding hydrogens is 274 g/mol. The number of benzene rings is 1. The van der Waals surface area contributed by atoms with Crippen LogP contribution in [0.5, 0.6) is 0 Å². The SMILES string of the molecule is CN(Cc1ccc(F)c(F)c1)C(=O)C(CN)CC(C)(C)C. The van der Waals surface area contributed by atoms with E-state index in [1.54, 1.807) is 7.05 Å². The lowest BCUT2D eigenvalue weighted by molar-refractivity contribution is -0.135. The van der Waals surface area contributed by atoms with Crippen molar-refractivity contribution in [1.82, 2.24) is 4.90 Å². The van der Waals surface area contributed by atoms with Crippen LogP contribution in [0.2, 0.25) is 0 Å². The van der Waals surface area contributed by atoms with Crippen molar-refractivity contribution < 1.29 is 13.6 Å². The van der Waals surface area contributed by atoms with Crippen LogP contribution in [0.25, 0.3) is 0 Å². The Labute approximate surface area is 125 Å². The van der Waals surface area contributed by atoms with Crippen LogP contribution in [0.15, 0.2) is 18.2 Å². The van der Waals surface area contributed by atoms with Gasteiger partial charge in [0.05, 0.1) is 5.92 Å². The maximum atomic E-state index is 13.2. The maximum Gasteiger partial charge on any atom is 0.227 e. The summed E-state index contributed by atoms with van der Waals surface area (Å²) in [4.78, 5) is 13.9. The molecule has 0 aliphatic rings. The Balaban J connectivity index is 2.74. The van der Waals surface area contributed by atoms with Gasteiger partial charge < -0.3 is 10.6 Å². The van der Waals surface area contributed by atoms with Gasteiger partial charge in [0.15, 0.2) is 11.6 Å². The number of carbonyl (C=O) groups is 1. The fourth-order valence-corrected chi connectivity index (χ4v) is 2.31. The second-order valence-corrected chi connectivity index (χ2v) is 6.64. The van der Waals surface area contributed by atoms with Gasteiger partial charge in [-0.2, -0.15) is 0 Å². The summed E-state index contributed by atoms with van der Waals surface area (Å²) in [6, 6.07) is 3.66. The van der Waals surface area contributed by atoms with Crippen LogP contribution in [0.1, 0.15) is 32.8 Å². The van der Waals surface area contributed by atoms with Crippen molar-refractivity contribution >= 4 is 5.91 Å². The summed E-state index contributed by atoms with van der Waals surface area (Å²) in [5.74, 6) is -2.13. The zero-order valence-corrected chi connectivity index (χ0v) is 13.1. The molecular formula is C16H24F2N2O. The molecule has 0 bridgehead atoms. The molecule has 0 aliphatic heterocycles. The predicted molar refractivity (Wildman–Crippen MR) is 79.4 cm³/mol. The average Bonchev–Trinajstić information content (AvgIpc) is 2.38. The molecule has 0 radical (unpaired) electrons. The minimum absolute atomic E-state index is 0.00250. The zero-order chi connectivity index (χ0) is 16.2. The molecule has 0 heterocycles. The lowest BCUT2D eigenvalue weighted by Crippen LogP contribution is -2.38. The highest BCUT2D eigenvalue weighted by Crippen LogP contribution is 2.25. The quantitative estimate of drug-likeness (QED) is 0.908. The Bertz CT molecular complexity index is 498. The first-order valence-corrected chi connectivity index (χ1v) is 7.03. The molecule has 0 saturated heterocycles. The van der Waals surface area contributed by atoms with Gasteiger partial charge in [0, 0.05) is 20.1 Å². The fraction of sp³-hybridized carbons (Fsp3) is 0.562. The minimum atomic E-state index is -0.904. The van der Waals surface area contributed by atoms with Gasteiger partial charge in [0.25, 0.3) is 0 Å². The van der Waals surface area contributed by atoms with Crippen molar-refractivity contribution in [2.45, 2.75) is 33.7 Å². The summed E-state index contributed by atoms with van der Waals surface area (Å²) in [5, 5.41) is 0. The Morgan fingerprint density at radius 2 is 1.90 bits per heavy atom. The molecule has 0 aliphatic carbocycles. The van der Waals surface area contributed by atoms with Gasteiger partial charge in [-0.25, -0.2) is 8.78 Å². The maximum absolute atomic E-state index is 13.2. The number of carbonyl (C=O) groups excluding carboxylic acids is 1. The van der Waals surface area contributed by atoms with Gasteiger partial charge >= 0.3 is 0 Å². The molecule has 0 spiro atoms.